The van der Waals surface area contributed by atoms with Crippen molar-refractivity contribution in [3.63, 3.8) is 0 Å². The molecular weight excluding hydrogens is 524 g/mol. The van der Waals surface area contributed by atoms with Crippen LogP contribution in [0.25, 0.3) is 0 Å². The third-order valence-electron chi connectivity index (χ3n) is 6.32. The molecule has 4 rings (SSSR count). The van der Waals surface area contributed by atoms with Crippen LogP contribution in [0.2, 0.25) is 0 Å². The minimum atomic E-state index is -0.968. The molecule has 1 unspecified atom stereocenters. The van der Waals surface area contributed by atoms with Crippen LogP contribution in [0.1, 0.15) is 30.5 Å². The van der Waals surface area contributed by atoms with Crippen molar-refractivity contribution in [1.29, 1.82) is 0 Å². The van der Waals surface area contributed by atoms with Crippen molar-refractivity contribution in [2.75, 3.05) is 17.7 Å². The van der Waals surface area contributed by atoms with Crippen LogP contribution in [0.4, 0.5) is 16.3 Å². The largest absolute Gasteiger partial charge is 0.384 e. The third-order valence-corrected chi connectivity index (χ3v) is 6.82. The number of nitrogens with zero attached hydrogens (tertiary/aromatic N) is 4. The van der Waals surface area contributed by atoms with Crippen LogP contribution >= 0.6 is 15.9 Å². The van der Waals surface area contributed by atoms with E-state index < -0.39 is 23.9 Å². The second kappa shape index (κ2) is 10.9. The molecule has 3 heterocycles. The Labute approximate surface area is 217 Å². The highest BCUT2D eigenvalue weighted by atomic mass is 79.9. The molecule has 2 aromatic heterocycles. The average molecular weight is 551 g/mol. The normalized spacial score (nSPS) is 17.8. The molecule has 186 valence electrons. The number of benzene rings is 1. The molecule has 0 spiro atoms. The van der Waals surface area contributed by atoms with Crippen LogP contribution < -0.4 is 16.0 Å². The van der Waals surface area contributed by atoms with Gasteiger partial charge in [0, 0.05) is 35.8 Å². The molecular formula is C26H27BrN6O3. The van der Waals surface area contributed by atoms with Crippen molar-refractivity contribution < 1.29 is 14.4 Å². The van der Waals surface area contributed by atoms with Crippen LogP contribution in [-0.2, 0) is 16.0 Å². The van der Waals surface area contributed by atoms with Gasteiger partial charge in [0.05, 0.1) is 12.0 Å². The monoisotopic (exact) mass is 550 g/mol. The van der Waals surface area contributed by atoms with Gasteiger partial charge in [-0.05, 0) is 60.4 Å². The molecule has 1 saturated heterocycles. The molecule has 0 bridgehead atoms. The Kier molecular flexibility index (Phi) is 7.64. The maximum atomic E-state index is 13.6. The molecule has 9 nitrogen and oxygen atoms in total. The van der Waals surface area contributed by atoms with Crippen LogP contribution in [0.15, 0.2) is 71.6 Å². The van der Waals surface area contributed by atoms with Gasteiger partial charge in [-0.1, -0.05) is 35.0 Å². The van der Waals surface area contributed by atoms with E-state index in [1.807, 2.05) is 31.2 Å². The Morgan fingerprint density at radius 1 is 1.17 bits per heavy atom. The number of imide groups is 1. The number of halogens is 1. The number of amides is 4. The van der Waals surface area contributed by atoms with Gasteiger partial charge in [-0.15, -0.1) is 0 Å². The van der Waals surface area contributed by atoms with Gasteiger partial charge in [0.1, 0.15) is 11.9 Å². The minimum absolute atomic E-state index is 0.263. The number of nitrogens with one attached hydrogen (secondary N) is 1. The fourth-order valence-electron chi connectivity index (χ4n) is 4.39. The van der Waals surface area contributed by atoms with Crippen LogP contribution in [-0.4, -0.2) is 45.8 Å². The molecule has 1 aliphatic heterocycles. The lowest BCUT2D eigenvalue weighted by Crippen LogP contribution is -2.70. The van der Waals surface area contributed by atoms with Crippen molar-refractivity contribution in [3.8, 4) is 0 Å². The number of β-lactam (4-membered cyclic amide) rings is 1. The van der Waals surface area contributed by atoms with Crippen molar-refractivity contribution >= 4 is 45.3 Å². The zero-order valence-corrected chi connectivity index (χ0v) is 21.6. The number of likely N-dealkylation sites (tertiary alicyclic amines) is 1. The van der Waals surface area contributed by atoms with E-state index in [0.717, 1.165) is 20.5 Å². The first-order valence-corrected chi connectivity index (χ1v) is 12.4. The zero-order chi connectivity index (χ0) is 25.8. The first-order chi connectivity index (χ1) is 17.3. The van der Waals surface area contributed by atoms with Gasteiger partial charge in [0.15, 0.2) is 0 Å². The summed E-state index contributed by atoms with van der Waals surface area (Å²) in [5, 5.41) is 2.93. The topological polar surface area (TPSA) is 122 Å². The van der Waals surface area contributed by atoms with Gasteiger partial charge < -0.3 is 16.0 Å². The molecule has 0 radical (unpaired) electrons. The second-order valence-corrected chi connectivity index (χ2v) is 9.54. The van der Waals surface area contributed by atoms with Crippen molar-refractivity contribution in [1.82, 2.24) is 20.2 Å². The number of rotatable bonds is 7. The van der Waals surface area contributed by atoms with E-state index in [4.69, 9.17) is 5.73 Å². The number of anilines is 2. The Balaban J connectivity index is 1.60. The van der Waals surface area contributed by atoms with E-state index in [-0.39, 0.29) is 18.4 Å². The van der Waals surface area contributed by atoms with Gasteiger partial charge in [0.25, 0.3) is 5.91 Å². The lowest BCUT2D eigenvalue weighted by molar-refractivity contribution is -0.156. The van der Waals surface area contributed by atoms with Crippen molar-refractivity contribution in [2.24, 2.45) is 5.92 Å². The Morgan fingerprint density at radius 2 is 1.92 bits per heavy atom. The lowest BCUT2D eigenvalue weighted by Gasteiger charge is -2.46. The molecule has 0 aliphatic carbocycles. The summed E-state index contributed by atoms with van der Waals surface area (Å²) in [6.45, 7) is 1.94. The highest BCUT2D eigenvalue weighted by Crippen LogP contribution is 2.33. The SMILES string of the molecule is CC[C@@H](NC(=O)N1C(=O)C(Cc2ccnc(N)c2)[C@H]1C(=O)N(C)c1ccncc1)c1cccc(Br)c1. The fraction of sp³-hybridized carbons (Fsp3) is 0.269. The van der Waals surface area contributed by atoms with Gasteiger partial charge in [-0.25, -0.2) is 9.78 Å². The summed E-state index contributed by atoms with van der Waals surface area (Å²) >= 11 is 3.46. The van der Waals surface area contributed by atoms with Crippen LogP contribution in [0.5, 0.6) is 0 Å². The van der Waals surface area contributed by atoms with Crippen LogP contribution in [0.3, 0.4) is 0 Å². The summed E-state index contributed by atoms with van der Waals surface area (Å²) < 4.78 is 0.886. The quantitative estimate of drug-likeness (QED) is 0.432. The molecule has 36 heavy (non-hydrogen) atoms. The number of hydrogen-bond acceptors (Lipinski definition) is 6. The fourth-order valence-corrected chi connectivity index (χ4v) is 4.81. The first-order valence-electron chi connectivity index (χ1n) is 11.6. The lowest BCUT2D eigenvalue weighted by atomic mass is 9.81. The predicted molar refractivity (Wildman–Crippen MR) is 140 cm³/mol. The summed E-state index contributed by atoms with van der Waals surface area (Å²) in [5.41, 5.74) is 8.08. The summed E-state index contributed by atoms with van der Waals surface area (Å²) in [6, 6.07) is 12.5. The minimum Gasteiger partial charge on any atom is -0.384 e. The van der Waals surface area contributed by atoms with E-state index in [2.05, 4.69) is 31.2 Å². The summed E-state index contributed by atoms with van der Waals surface area (Å²) in [7, 11) is 1.62. The number of carbonyl (C=O) groups is 3. The van der Waals surface area contributed by atoms with E-state index in [1.165, 1.54) is 4.90 Å². The van der Waals surface area contributed by atoms with Crippen LogP contribution in [0, 0.1) is 5.92 Å². The predicted octanol–water partition coefficient (Wildman–Crippen LogP) is 3.71. The average Bonchev–Trinajstić information content (AvgIpc) is 2.88. The van der Waals surface area contributed by atoms with E-state index >= 15 is 0 Å². The first kappa shape index (κ1) is 25.3. The van der Waals surface area contributed by atoms with Gasteiger partial charge in [-0.2, -0.15) is 0 Å². The maximum absolute atomic E-state index is 13.6. The van der Waals surface area contributed by atoms with Gasteiger partial charge in [-0.3, -0.25) is 19.5 Å². The molecule has 4 amide bonds. The molecule has 3 N–H and O–H groups in total. The van der Waals surface area contributed by atoms with E-state index in [1.54, 1.807) is 49.9 Å². The highest BCUT2D eigenvalue weighted by Gasteiger charge is 2.55. The number of nitrogen functional groups attached to an aromatic ring is 1. The highest BCUT2D eigenvalue weighted by molar-refractivity contribution is 9.10. The van der Waals surface area contributed by atoms with Crippen molar-refractivity contribution in [2.45, 2.75) is 31.8 Å². The molecule has 3 aromatic rings. The Hall–Kier alpha value is -3.79. The summed E-state index contributed by atoms with van der Waals surface area (Å²) in [5.74, 6) is -1.15. The number of carbonyl (C=O) groups excluding carboxylic acids is 3. The van der Waals surface area contributed by atoms with Gasteiger partial charge in [0.2, 0.25) is 5.91 Å². The Morgan fingerprint density at radius 3 is 2.58 bits per heavy atom. The third kappa shape index (κ3) is 5.23. The smallest absolute Gasteiger partial charge is 0.325 e. The second-order valence-electron chi connectivity index (χ2n) is 8.62. The van der Waals surface area contributed by atoms with Gasteiger partial charge >= 0.3 is 6.03 Å². The summed E-state index contributed by atoms with van der Waals surface area (Å²) in [6.07, 6.45) is 5.59. The maximum Gasteiger partial charge on any atom is 0.325 e. The summed E-state index contributed by atoms with van der Waals surface area (Å²) in [4.78, 5) is 50.7. The number of pyridine rings is 2. The molecule has 1 aromatic carbocycles. The molecule has 0 saturated carbocycles. The number of hydrogen-bond donors (Lipinski definition) is 2. The zero-order valence-electron chi connectivity index (χ0n) is 20.0. The number of urea groups is 1. The molecule has 3 atom stereocenters. The number of nitrogens with two attached hydrogens (primary N) is 1. The number of likely N-dealkylation sites (N-methyl/N-ethyl adjacent to an activating group) is 1. The molecule has 10 heteroatoms. The Bertz CT molecular complexity index is 1270. The number of aromatic nitrogens is 2. The molecule has 1 aliphatic rings. The van der Waals surface area contributed by atoms with E-state index in [0.29, 0.717) is 17.9 Å². The molecule has 1 fully saturated rings. The van der Waals surface area contributed by atoms with E-state index in [9.17, 15) is 14.4 Å². The van der Waals surface area contributed by atoms with Crippen molar-refractivity contribution in [3.05, 3.63) is 82.7 Å². The standard InChI is InChI=1S/C26H27BrN6O3/c1-3-21(17-5-4-6-18(27)15-17)31-26(36)33-23(25(35)32(2)19-8-10-29-11-9-19)20(24(33)34)13-16-7-12-30-22(28)14-16/h4-12,14-15,20-21,23H,3,13H2,1-2H3,(H2,28,30)(H,31,36)/t20?,21-,23+/m1/s1.